The molecular weight excluding hydrogens is 166 g/mol. The monoisotopic (exact) mass is 183 g/mol. The third-order valence-corrected chi connectivity index (χ3v) is 3.13. The molecule has 74 valence electrons. The summed E-state index contributed by atoms with van der Waals surface area (Å²) in [5.74, 6) is 0.336. The summed E-state index contributed by atoms with van der Waals surface area (Å²) in [6, 6.07) is 0.654. The van der Waals surface area contributed by atoms with Gasteiger partial charge < -0.3 is 9.53 Å². The Labute approximate surface area is 79.0 Å². The maximum Gasteiger partial charge on any atom is 0.123 e. The molecule has 1 heterocycles. The van der Waals surface area contributed by atoms with Gasteiger partial charge in [-0.1, -0.05) is 0 Å². The fourth-order valence-corrected chi connectivity index (χ4v) is 2.22. The summed E-state index contributed by atoms with van der Waals surface area (Å²) < 4.78 is 5.47. The van der Waals surface area contributed by atoms with Crippen LogP contribution in [0.4, 0.5) is 0 Å². The standard InChI is InChI=1S/C10H17NO2/c1-8-6-11(2-3-13-8)10-4-9(5-10)7-12/h7-10H,2-6H2,1H3/t8-,9?,10?/m0/s1. The van der Waals surface area contributed by atoms with E-state index in [1.54, 1.807) is 0 Å². The Kier molecular flexibility index (Phi) is 2.65. The van der Waals surface area contributed by atoms with Crippen molar-refractivity contribution >= 4 is 6.29 Å². The summed E-state index contributed by atoms with van der Waals surface area (Å²) >= 11 is 0. The van der Waals surface area contributed by atoms with E-state index in [1.807, 2.05) is 0 Å². The van der Waals surface area contributed by atoms with Crippen LogP contribution in [0.3, 0.4) is 0 Å². The number of morpholine rings is 1. The lowest BCUT2D eigenvalue weighted by Crippen LogP contribution is -2.52. The fourth-order valence-electron chi connectivity index (χ4n) is 2.22. The molecule has 1 aliphatic carbocycles. The van der Waals surface area contributed by atoms with Crippen LogP contribution in [-0.4, -0.2) is 43.0 Å². The van der Waals surface area contributed by atoms with E-state index in [9.17, 15) is 4.79 Å². The van der Waals surface area contributed by atoms with Gasteiger partial charge in [0.2, 0.25) is 0 Å². The molecule has 3 nitrogen and oxygen atoms in total. The van der Waals surface area contributed by atoms with E-state index >= 15 is 0 Å². The van der Waals surface area contributed by atoms with Crippen molar-refractivity contribution < 1.29 is 9.53 Å². The third-order valence-electron chi connectivity index (χ3n) is 3.13. The molecule has 2 aliphatic rings. The summed E-state index contributed by atoms with van der Waals surface area (Å²) in [4.78, 5) is 12.9. The molecule has 2 rings (SSSR count). The number of nitrogens with zero attached hydrogens (tertiary/aromatic N) is 1. The summed E-state index contributed by atoms with van der Waals surface area (Å²) in [6.45, 7) is 5.04. The molecular formula is C10H17NO2. The Morgan fingerprint density at radius 3 is 2.85 bits per heavy atom. The van der Waals surface area contributed by atoms with Crippen molar-refractivity contribution in [3.05, 3.63) is 0 Å². The van der Waals surface area contributed by atoms with Crippen LogP contribution < -0.4 is 0 Å². The molecule has 0 N–H and O–H groups in total. The first-order valence-corrected chi connectivity index (χ1v) is 5.10. The van der Waals surface area contributed by atoms with Gasteiger partial charge in [0.05, 0.1) is 12.7 Å². The summed E-state index contributed by atoms with van der Waals surface area (Å²) in [6.07, 6.45) is 3.59. The van der Waals surface area contributed by atoms with Gasteiger partial charge in [-0.3, -0.25) is 4.90 Å². The Bertz CT molecular complexity index is 189. The van der Waals surface area contributed by atoms with E-state index in [2.05, 4.69) is 11.8 Å². The first-order chi connectivity index (χ1) is 6.29. The molecule has 1 atom stereocenters. The number of carbonyl (C=O) groups is 1. The SMILES string of the molecule is C[C@H]1CN(C2CC(C=O)C2)CCO1. The first kappa shape index (κ1) is 9.16. The number of hydrogen-bond donors (Lipinski definition) is 0. The van der Waals surface area contributed by atoms with Crippen LogP contribution in [0.1, 0.15) is 19.8 Å². The molecule has 1 saturated heterocycles. The second-order valence-electron chi connectivity index (χ2n) is 4.20. The third kappa shape index (κ3) is 1.92. The highest BCUT2D eigenvalue weighted by molar-refractivity contribution is 5.55. The van der Waals surface area contributed by atoms with Gasteiger partial charge >= 0.3 is 0 Å². The van der Waals surface area contributed by atoms with Crippen molar-refractivity contribution in [1.82, 2.24) is 4.90 Å². The average molecular weight is 183 g/mol. The van der Waals surface area contributed by atoms with Gasteiger partial charge in [-0.15, -0.1) is 0 Å². The maximum absolute atomic E-state index is 10.4. The number of aldehydes is 1. The minimum atomic E-state index is 0.336. The lowest BCUT2D eigenvalue weighted by Gasteiger charge is -2.44. The van der Waals surface area contributed by atoms with E-state index < -0.39 is 0 Å². The zero-order chi connectivity index (χ0) is 9.26. The molecule has 0 radical (unpaired) electrons. The van der Waals surface area contributed by atoms with Gasteiger partial charge in [-0.25, -0.2) is 0 Å². The number of rotatable bonds is 2. The van der Waals surface area contributed by atoms with Crippen molar-refractivity contribution in [2.45, 2.75) is 31.9 Å². The van der Waals surface area contributed by atoms with E-state index in [0.717, 1.165) is 38.8 Å². The van der Waals surface area contributed by atoms with Crippen LogP contribution >= 0.6 is 0 Å². The molecule has 13 heavy (non-hydrogen) atoms. The molecule has 0 bridgehead atoms. The van der Waals surface area contributed by atoms with Crippen LogP contribution in [0.5, 0.6) is 0 Å². The van der Waals surface area contributed by atoms with E-state index in [-0.39, 0.29) is 0 Å². The largest absolute Gasteiger partial charge is 0.376 e. The van der Waals surface area contributed by atoms with Crippen molar-refractivity contribution in [2.24, 2.45) is 5.92 Å². The van der Waals surface area contributed by atoms with Gasteiger partial charge in [-0.05, 0) is 19.8 Å². The van der Waals surface area contributed by atoms with Crippen LogP contribution in [0.15, 0.2) is 0 Å². The first-order valence-electron chi connectivity index (χ1n) is 5.10. The minimum Gasteiger partial charge on any atom is -0.376 e. The smallest absolute Gasteiger partial charge is 0.123 e. The van der Waals surface area contributed by atoms with Crippen molar-refractivity contribution in [1.29, 1.82) is 0 Å². The minimum absolute atomic E-state index is 0.336. The number of carbonyl (C=O) groups excluding carboxylic acids is 1. The van der Waals surface area contributed by atoms with Gasteiger partial charge in [0, 0.05) is 25.0 Å². The molecule has 1 saturated carbocycles. The highest BCUT2D eigenvalue weighted by atomic mass is 16.5. The summed E-state index contributed by atoms with van der Waals surface area (Å²) in [5, 5.41) is 0. The van der Waals surface area contributed by atoms with Gasteiger partial charge in [0.25, 0.3) is 0 Å². The lowest BCUT2D eigenvalue weighted by atomic mass is 9.80. The highest BCUT2D eigenvalue weighted by Crippen LogP contribution is 2.30. The summed E-state index contributed by atoms with van der Waals surface area (Å²) in [7, 11) is 0. The van der Waals surface area contributed by atoms with Crippen molar-refractivity contribution in [3.8, 4) is 0 Å². The van der Waals surface area contributed by atoms with Crippen LogP contribution in [0, 0.1) is 5.92 Å². The van der Waals surface area contributed by atoms with E-state index in [1.165, 1.54) is 0 Å². The average Bonchev–Trinajstić information content (AvgIpc) is 2.02. The summed E-state index contributed by atoms with van der Waals surface area (Å²) in [5.41, 5.74) is 0. The lowest BCUT2D eigenvalue weighted by molar-refractivity contribution is -0.117. The van der Waals surface area contributed by atoms with Crippen LogP contribution in [0.2, 0.25) is 0 Å². The van der Waals surface area contributed by atoms with Crippen LogP contribution in [-0.2, 0) is 9.53 Å². The Balaban J connectivity index is 1.78. The van der Waals surface area contributed by atoms with E-state index in [4.69, 9.17) is 4.74 Å². The number of hydrogen-bond acceptors (Lipinski definition) is 3. The molecule has 2 fully saturated rings. The molecule has 0 amide bonds. The molecule has 0 aromatic rings. The maximum atomic E-state index is 10.4. The topological polar surface area (TPSA) is 29.5 Å². The van der Waals surface area contributed by atoms with Crippen LogP contribution in [0.25, 0.3) is 0 Å². The number of ether oxygens (including phenoxy) is 1. The van der Waals surface area contributed by atoms with Gasteiger partial charge in [-0.2, -0.15) is 0 Å². The molecule has 0 unspecified atom stereocenters. The zero-order valence-corrected chi connectivity index (χ0v) is 8.11. The predicted molar refractivity (Wildman–Crippen MR) is 49.6 cm³/mol. The van der Waals surface area contributed by atoms with Gasteiger partial charge in [0.15, 0.2) is 0 Å². The molecule has 0 spiro atoms. The normalized spacial score (nSPS) is 41.2. The second kappa shape index (κ2) is 3.76. The fraction of sp³-hybridized carbons (Fsp3) is 0.900. The van der Waals surface area contributed by atoms with E-state index in [0.29, 0.717) is 18.1 Å². The molecule has 3 heteroatoms. The van der Waals surface area contributed by atoms with Crippen molar-refractivity contribution in [2.75, 3.05) is 19.7 Å². The second-order valence-corrected chi connectivity index (χ2v) is 4.20. The Morgan fingerprint density at radius 1 is 1.46 bits per heavy atom. The predicted octanol–water partition coefficient (Wildman–Crippen LogP) is 0.685. The molecule has 0 aromatic carbocycles. The van der Waals surface area contributed by atoms with Crippen molar-refractivity contribution in [3.63, 3.8) is 0 Å². The quantitative estimate of drug-likeness (QED) is 0.590. The molecule has 0 aromatic heterocycles. The highest BCUT2D eigenvalue weighted by Gasteiger charge is 2.34. The Hall–Kier alpha value is -0.410. The zero-order valence-electron chi connectivity index (χ0n) is 8.11. The Morgan fingerprint density at radius 2 is 2.23 bits per heavy atom. The molecule has 1 aliphatic heterocycles. The van der Waals surface area contributed by atoms with Gasteiger partial charge in [0.1, 0.15) is 6.29 Å².